The monoisotopic (exact) mass is 422 g/mol. The summed E-state index contributed by atoms with van der Waals surface area (Å²) in [7, 11) is 0. The molecule has 2 heterocycles. The Bertz CT molecular complexity index is 899. The number of nitrogens with one attached hydrogen (secondary N) is 2. The van der Waals surface area contributed by atoms with Crippen LogP contribution in [0.2, 0.25) is 5.02 Å². The van der Waals surface area contributed by atoms with Crippen molar-refractivity contribution in [3.8, 4) is 10.4 Å². The smallest absolute Gasteiger partial charge is 0.408 e. The van der Waals surface area contributed by atoms with Gasteiger partial charge in [0.05, 0.1) is 5.69 Å². The van der Waals surface area contributed by atoms with Crippen LogP contribution in [0.3, 0.4) is 0 Å². The molecule has 4 amide bonds. The molecule has 1 fully saturated rings. The fourth-order valence-electron chi connectivity index (χ4n) is 3.07. The summed E-state index contributed by atoms with van der Waals surface area (Å²) in [6.07, 6.45) is 0.426. The first kappa shape index (κ1) is 20.0. The number of likely N-dealkylation sites (tertiary alicyclic amines) is 1. The molecule has 1 saturated heterocycles. The number of nitrogens with zero attached hydrogens (tertiary/aromatic N) is 1. The number of carbonyl (C=O) groups is 3. The topological polar surface area (TPSA) is 125 Å². The van der Waals surface area contributed by atoms with Crippen molar-refractivity contribution in [3.63, 3.8) is 0 Å². The predicted octanol–water partition coefficient (Wildman–Crippen LogP) is 3.78. The van der Waals surface area contributed by atoms with Crippen LogP contribution in [0.1, 0.15) is 28.9 Å². The van der Waals surface area contributed by atoms with Crippen LogP contribution in [0.5, 0.6) is 0 Å². The van der Waals surface area contributed by atoms with E-state index in [1.54, 1.807) is 30.3 Å². The number of anilines is 1. The van der Waals surface area contributed by atoms with Crippen LogP contribution in [0.4, 0.5) is 15.3 Å². The van der Waals surface area contributed by atoms with Crippen molar-refractivity contribution in [1.29, 1.82) is 0 Å². The van der Waals surface area contributed by atoms with Crippen LogP contribution in [0.15, 0.2) is 30.3 Å². The molecule has 0 saturated carbocycles. The summed E-state index contributed by atoms with van der Waals surface area (Å²) in [6.45, 7) is 0.368. The van der Waals surface area contributed by atoms with Gasteiger partial charge in [0.1, 0.15) is 11.0 Å². The van der Waals surface area contributed by atoms with Gasteiger partial charge >= 0.3 is 12.1 Å². The Morgan fingerprint density at radius 3 is 2.57 bits per heavy atom. The third-order valence-corrected chi connectivity index (χ3v) is 5.81. The van der Waals surface area contributed by atoms with Gasteiger partial charge < -0.3 is 21.5 Å². The molecule has 0 radical (unpaired) electrons. The molecular formula is C18H19ClN4O4S. The molecule has 10 heteroatoms. The lowest BCUT2D eigenvalue weighted by Crippen LogP contribution is -2.52. The highest BCUT2D eigenvalue weighted by atomic mass is 35.5. The molecule has 1 aliphatic heterocycles. The van der Waals surface area contributed by atoms with E-state index in [1.165, 1.54) is 16.2 Å². The van der Waals surface area contributed by atoms with Crippen LogP contribution in [-0.4, -0.2) is 40.7 Å². The number of primary amides is 1. The van der Waals surface area contributed by atoms with E-state index in [-0.39, 0.29) is 10.6 Å². The molecule has 1 aliphatic rings. The van der Waals surface area contributed by atoms with E-state index in [2.05, 4.69) is 10.6 Å². The van der Waals surface area contributed by atoms with E-state index in [0.29, 0.717) is 18.0 Å². The Kier molecular flexibility index (Phi) is 6.05. The summed E-state index contributed by atoms with van der Waals surface area (Å²) < 4.78 is 0. The number of halogens is 1. The summed E-state index contributed by atoms with van der Waals surface area (Å²) in [6, 6.07) is 7.92. The maximum atomic E-state index is 12.8. The summed E-state index contributed by atoms with van der Waals surface area (Å²) in [5, 5.41) is 15.1. The predicted molar refractivity (Wildman–Crippen MR) is 108 cm³/mol. The minimum Gasteiger partial charge on any atom is -0.465 e. The first-order valence-corrected chi connectivity index (χ1v) is 9.81. The molecule has 2 aromatic rings. The van der Waals surface area contributed by atoms with Crippen LogP contribution in [0.25, 0.3) is 10.4 Å². The van der Waals surface area contributed by atoms with E-state index in [1.807, 2.05) is 0 Å². The fraction of sp³-hybridized carbons (Fsp3) is 0.278. The largest absolute Gasteiger partial charge is 0.465 e. The lowest BCUT2D eigenvalue weighted by molar-refractivity contribution is 0.0750. The van der Waals surface area contributed by atoms with E-state index in [4.69, 9.17) is 17.3 Å². The van der Waals surface area contributed by atoms with Gasteiger partial charge in [0.2, 0.25) is 0 Å². The quantitative estimate of drug-likeness (QED) is 0.598. The number of amides is 4. The van der Waals surface area contributed by atoms with Crippen molar-refractivity contribution in [2.75, 3.05) is 11.9 Å². The van der Waals surface area contributed by atoms with Crippen molar-refractivity contribution in [1.82, 2.24) is 10.2 Å². The van der Waals surface area contributed by atoms with E-state index in [9.17, 15) is 19.5 Å². The fourth-order valence-corrected chi connectivity index (χ4v) is 4.22. The van der Waals surface area contributed by atoms with Crippen LogP contribution >= 0.6 is 22.9 Å². The van der Waals surface area contributed by atoms with Crippen molar-refractivity contribution in [2.24, 2.45) is 5.73 Å². The Hall–Kier alpha value is -2.78. The van der Waals surface area contributed by atoms with Gasteiger partial charge in [0, 0.05) is 16.4 Å². The Morgan fingerprint density at radius 1 is 1.21 bits per heavy atom. The Balaban J connectivity index is 1.88. The summed E-state index contributed by atoms with van der Waals surface area (Å²) >= 11 is 7.09. The molecule has 1 atom stereocenters. The highest BCUT2D eigenvalue weighted by molar-refractivity contribution is 7.18. The van der Waals surface area contributed by atoms with Gasteiger partial charge in [-0.25, -0.2) is 9.59 Å². The number of carbonyl (C=O) groups excluding carboxylic acids is 2. The number of thiophene rings is 1. The lowest BCUT2D eigenvalue weighted by atomic mass is 10.1. The van der Waals surface area contributed by atoms with E-state index < -0.39 is 24.2 Å². The van der Waals surface area contributed by atoms with Gasteiger partial charge in [-0.05, 0) is 43.0 Å². The van der Waals surface area contributed by atoms with Crippen molar-refractivity contribution >= 4 is 46.7 Å². The minimum atomic E-state index is -1.08. The first-order valence-electron chi connectivity index (χ1n) is 8.62. The number of carboxylic acid groups (broad SMARTS) is 1. The van der Waals surface area contributed by atoms with Crippen LogP contribution < -0.4 is 16.4 Å². The van der Waals surface area contributed by atoms with E-state index >= 15 is 0 Å². The van der Waals surface area contributed by atoms with Gasteiger partial charge in [-0.2, -0.15) is 0 Å². The average Bonchev–Trinajstić information content (AvgIpc) is 3.05. The zero-order valence-corrected chi connectivity index (χ0v) is 16.3. The number of benzene rings is 1. The second kappa shape index (κ2) is 8.49. The van der Waals surface area contributed by atoms with Crippen molar-refractivity contribution in [3.05, 3.63) is 40.2 Å². The van der Waals surface area contributed by atoms with Crippen LogP contribution in [-0.2, 0) is 0 Å². The van der Waals surface area contributed by atoms with Gasteiger partial charge in [-0.15, -0.1) is 11.3 Å². The molecule has 1 aromatic heterocycles. The molecule has 0 aliphatic carbocycles. The number of nitrogens with two attached hydrogens (primary N) is 1. The number of hydrogen-bond acceptors (Lipinski definition) is 4. The Labute approximate surface area is 170 Å². The summed E-state index contributed by atoms with van der Waals surface area (Å²) in [5.74, 6) is -0.466. The normalized spacial score (nSPS) is 16.5. The van der Waals surface area contributed by atoms with Gasteiger partial charge in [0.15, 0.2) is 0 Å². The molecule has 28 heavy (non-hydrogen) atoms. The standard InChI is InChI=1S/C18H19ClN4O4S/c19-11-6-4-10(5-7-11)13-9-12(21-17(20)25)15(28-13)16(24)22-14-3-1-2-8-23(14)18(26)27/h4-7,9,14H,1-3,8H2,(H,22,24)(H,26,27)(H3,20,21,25). The minimum absolute atomic E-state index is 0.250. The first-order chi connectivity index (χ1) is 13.3. The molecule has 5 N–H and O–H groups in total. The molecule has 0 bridgehead atoms. The highest BCUT2D eigenvalue weighted by Crippen LogP contribution is 2.35. The molecule has 148 valence electrons. The van der Waals surface area contributed by atoms with Crippen LogP contribution in [0, 0.1) is 0 Å². The van der Waals surface area contributed by atoms with Gasteiger partial charge in [-0.3, -0.25) is 9.69 Å². The molecule has 1 unspecified atom stereocenters. The van der Waals surface area contributed by atoms with Crippen molar-refractivity contribution in [2.45, 2.75) is 25.4 Å². The summed E-state index contributed by atoms with van der Waals surface area (Å²) in [4.78, 5) is 37.8. The average molecular weight is 423 g/mol. The number of urea groups is 1. The van der Waals surface area contributed by atoms with E-state index in [0.717, 1.165) is 23.3 Å². The molecule has 0 spiro atoms. The second-order valence-corrected chi connectivity index (χ2v) is 7.80. The maximum absolute atomic E-state index is 12.8. The number of rotatable bonds is 4. The SMILES string of the molecule is NC(=O)Nc1cc(-c2ccc(Cl)cc2)sc1C(=O)NC1CCCCN1C(=O)O. The lowest BCUT2D eigenvalue weighted by Gasteiger charge is -2.33. The Morgan fingerprint density at radius 2 is 1.93 bits per heavy atom. The van der Waals surface area contributed by atoms with Gasteiger partial charge in [0.25, 0.3) is 5.91 Å². The number of piperidine rings is 1. The number of hydrogen-bond donors (Lipinski definition) is 4. The summed E-state index contributed by atoms with van der Waals surface area (Å²) in [5.41, 5.74) is 6.33. The zero-order chi connectivity index (χ0) is 20.3. The third kappa shape index (κ3) is 4.55. The van der Waals surface area contributed by atoms with Gasteiger partial charge in [-0.1, -0.05) is 23.7 Å². The third-order valence-electron chi connectivity index (χ3n) is 4.37. The molecule has 8 nitrogen and oxygen atoms in total. The maximum Gasteiger partial charge on any atom is 0.408 e. The molecular weight excluding hydrogens is 404 g/mol. The highest BCUT2D eigenvalue weighted by Gasteiger charge is 2.29. The second-order valence-electron chi connectivity index (χ2n) is 6.31. The molecule has 1 aromatic carbocycles. The molecule has 3 rings (SSSR count). The van der Waals surface area contributed by atoms with Crippen molar-refractivity contribution < 1.29 is 19.5 Å². The zero-order valence-electron chi connectivity index (χ0n) is 14.8.